The molecule has 0 aliphatic rings. The van der Waals surface area contributed by atoms with Crippen molar-refractivity contribution in [3.05, 3.63) is 52.1 Å². The first-order chi connectivity index (χ1) is 12.4. The lowest BCUT2D eigenvalue weighted by molar-refractivity contribution is 0.414. The van der Waals surface area contributed by atoms with E-state index >= 15 is 0 Å². The molecule has 150 valence electrons. The van der Waals surface area contributed by atoms with Crippen LogP contribution in [0.5, 0.6) is 5.75 Å². The number of hydrogen-bond acceptors (Lipinski definition) is 5. The molecule has 0 unspecified atom stereocenters. The Hall–Kier alpha value is -2.01. The lowest BCUT2D eigenvalue weighted by Gasteiger charge is -2.13. The number of ether oxygens (including phenoxy) is 1. The first-order valence-electron chi connectivity index (χ1n) is 9.07. The summed E-state index contributed by atoms with van der Waals surface area (Å²) < 4.78 is 5.18. The van der Waals surface area contributed by atoms with E-state index in [0.717, 1.165) is 16.9 Å². The Morgan fingerprint density at radius 3 is 2.15 bits per heavy atom. The zero-order valence-electron chi connectivity index (χ0n) is 17.4. The summed E-state index contributed by atoms with van der Waals surface area (Å²) in [6.07, 6.45) is 4.21. The molecule has 0 amide bonds. The summed E-state index contributed by atoms with van der Waals surface area (Å²) in [7, 11) is 3.38. The topological polar surface area (TPSA) is 85.3 Å². The minimum Gasteiger partial charge on any atom is -0.497 e. The average molecular weight is 385 g/mol. The van der Waals surface area contributed by atoms with E-state index in [1.54, 1.807) is 20.2 Å². The number of halogens is 1. The van der Waals surface area contributed by atoms with Crippen LogP contribution in [0.15, 0.2) is 40.9 Å². The van der Waals surface area contributed by atoms with Crippen molar-refractivity contribution in [2.75, 3.05) is 14.2 Å². The Kier molecular flexibility index (Phi) is 16.6. The van der Waals surface area contributed by atoms with Gasteiger partial charge < -0.3 is 26.8 Å². The SMILES string of the molecule is CC.CCCC.CN/C(N)=C(/C=C(\N)Cl)NCc1ccc(OC)cc1C. The number of allylic oxidation sites excluding steroid dienone is 1. The number of hydrogen-bond donors (Lipinski definition) is 4. The minimum atomic E-state index is 0.164. The van der Waals surface area contributed by atoms with Crippen LogP contribution >= 0.6 is 11.6 Å². The van der Waals surface area contributed by atoms with Crippen LogP contribution in [-0.4, -0.2) is 14.2 Å². The Labute approximate surface area is 164 Å². The Balaban J connectivity index is 0. The van der Waals surface area contributed by atoms with Gasteiger partial charge in [0.05, 0.1) is 12.8 Å². The summed E-state index contributed by atoms with van der Waals surface area (Å²) in [5, 5.41) is 6.23. The average Bonchev–Trinajstić information content (AvgIpc) is 2.66. The second-order valence-electron chi connectivity index (χ2n) is 5.25. The zero-order valence-corrected chi connectivity index (χ0v) is 18.1. The fourth-order valence-corrected chi connectivity index (χ4v) is 1.79. The van der Waals surface area contributed by atoms with Gasteiger partial charge in [-0.1, -0.05) is 58.2 Å². The molecule has 1 aromatic carbocycles. The zero-order chi connectivity index (χ0) is 20.5. The van der Waals surface area contributed by atoms with Crippen LogP contribution in [-0.2, 0) is 6.54 Å². The molecule has 0 aliphatic carbocycles. The van der Waals surface area contributed by atoms with Crippen molar-refractivity contribution < 1.29 is 4.74 Å². The molecule has 0 saturated heterocycles. The standard InChI is InChI=1S/C14H21ClN4O.C4H10.C2H6/c1-9-6-11(20-3)5-4-10(9)8-19-12(7-13(15)16)14(17)18-2;1-3-4-2;1-2/h4-7,18-19H,8,16-17H2,1-3H3;3-4H2,1-2H3;1-2H3/b13-7-,14-12-;;. The van der Waals surface area contributed by atoms with Gasteiger partial charge in [-0.15, -0.1) is 0 Å². The molecule has 0 bridgehead atoms. The van der Waals surface area contributed by atoms with Gasteiger partial charge in [-0.25, -0.2) is 0 Å². The molecule has 0 saturated carbocycles. The summed E-state index contributed by atoms with van der Waals surface area (Å²) in [5.74, 6) is 1.31. The third kappa shape index (κ3) is 11.5. The van der Waals surface area contributed by atoms with Crippen molar-refractivity contribution >= 4 is 11.6 Å². The highest BCUT2D eigenvalue weighted by Gasteiger charge is 2.04. The van der Waals surface area contributed by atoms with E-state index in [4.69, 9.17) is 27.8 Å². The van der Waals surface area contributed by atoms with E-state index in [9.17, 15) is 0 Å². The number of methoxy groups -OCH3 is 1. The lowest BCUT2D eigenvalue weighted by Crippen LogP contribution is -2.24. The molecular formula is C20H37ClN4O. The normalized spacial score (nSPS) is 11.2. The van der Waals surface area contributed by atoms with Gasteiger partial charge in [0.2, 0.25) is 0 Å². The molecule has 5 nitrogen and oxygen atoms in total. The minimum absolute atomic E-state index is 0.164. The molecule has 6 heteroatoms. The number of aryl methyl sites for hydroxylation is 1. The van der Waals surface area contributed by atoms with E-state index in [1.165, 1.54) is 12.8 Å². The second-order valence-corrected chi connectivity index (χ2v) is 5.69. The van der Waals surface area contributed by atoms with Crippen molar-refractivity contribution in [2.24, 2.45) is 11.5 Å². The molecule has 0 spiro atoms. The van der Waals surface area contributed by atoms with Crippen molar-refractivity contribution in [2.45, 2.75) is 54.0 Å². The van der Waals surface area contributed by atoms with Gasteiger partial charge in [-0.05, 0) is 36.3 Å². The summed E-state index contributed by atoms with van der Waals surface area (Å²) in [6.45, 7) is 11.0. The van der Waals surface area contributed by atoms with Crippen molar-refractivity contribution in [3.8, 4) is 5.75 Å². The monoisotopic (exact) mass is 384 g/mol. The van der Waals surface area contributed by atoms with Gasteiger partial charge in [-0.2, -0.15) is 0 Å². The quantitative estimate of drug-likeness (QED) is 0.415. The highest BCUT2D eigenvalue weighted by molar-refractivity contribution is 6.29. The van der Waals surface area contributed by atoms with Gasteiger partial charge in [0.25, 0.3) is 0 Å². The number of nitrogens with one attached hydrogen (secondary N) is 2. The van der Waals surface area contributed by atoms with Gasteiger partial charge in [0.1, 0.15) is 16.7 Å². The number of unbranched alkanes of at least 4 members (excludes halogenated alkanes) is 1. The predicted molar refractivity (Wildman–Crippen MR) is 115 cm³/mol. The van der Waals surface area contributed by atoms with Gasteiger partial charge >= 0.3 is 0 Å². The molecular weight excluding hydrogens is 348 g/mol. The van der Waals surface area contributed by atoms with Crippen LogP contribution in [0.4, 0.5) is 0 Å². The number of nitrogens with two attached hydrogens (primary N) is 2. The smallest absolute Gasteiger partial charge is 0.120 e. The van der Waals surface area contributed by atoms with Crippen molar-refractivity contribution in [1.29, 1.82) is 0 Å². The van der Waals surface area contributed by atoms with Gasteiger partial charge in [0.15, 0.2) is 0 Å². The summed E-state index contributed by atoms with van der Waals surface area (Å²) in [4.78, 5) is 0. The van der Waals surface area contributed by atoms with E-state index in [0.29, 0.717) is 18.1 Å². The van der Waals surface area contributed by atoms with Crippen LogP contribution in [0.1, 0.15) is 51.7 Å². The largest absolute Gasteiger partial charge is 0.497 e. The van der Waals surface area contributed by atoms with Crippen LogP contribution in [0, 0.1) is 6.92 Å². The van der Waals surface area contributed by atoms with Crippen LogP contribution in [0.3, 0.4) is 0 Å². The Morgan fingerprint density at radius 1 is 1.19 bits per heavy atom. The summed E-state index contributed by atoms with van der Waals surface area (Å²) in [5.41, 5.74) is 14.2. The third-order valence-electron chi connectivity index (χ3n) is 3.36. The van der Waals surface area contributed by atoms with E-state index in [-0.39, 0.29) is 5.16 Å². The number of rotatable bonds is 7. The van der Waals surface area contributed by atoms with Gasteiger partial charge in [-0.3, -0.25) is 0 Å². The predicted octanol–water partition coefficient (Wildman–Crippen LogP) is 4.31. The molecule has 1 rings (SSSR count). The molecule has 0 fully saturated rings. The summed E-state index contributed by atoms with van der Waals surface area (Å²) in [6, 6.07) is 5.90. The molecule has 0 radical (unpaired) electrons. The molecule has 6 N–H and O–H groups in total. The van der Waals surface area contributed by atoms with Crippen molar-refractivity contribution in [1.82, 2.24) is 10.6 Å². The fraction of sp³-hybridized carbons (Fsp3) is 0.500. The maximum Gasteiger partial charge on any atom is 0.120 e. The van der Waals surface area contributed by atoms with Crippen LogP contribution in [0.25, 0.3) is 0 Å². The Bertz CT molecular complexity index is 551. The molecule has 0 aromatic heterocycles. The fourth-order valence-electron chi connectivity index (χ4n) is 1.68. The van der Waals surface area contributed by atoms with Gasteiger partial charge in [0, 0.05) is 13.6 Å². The lowest BCUT2D eigenvalue weighted by atomic mass is 10.1. The molecule has 26 heavy (non-hydrogen) atoms. The maximum absolute atomic E-state index is 5.84. The van der Waals surface area contributed by atoms with E-state index < -0.39 is 0 Å². The maximum atomic E-state index is 5.84. The van der Waals surface area contributed by atoms with E-state index in [2.05, 4.69) is 24.5 Å². The Morgan fingerprint density at radius 2 is 1.77 bits per heavy atom. The van der Waals surface area contributed by atoms with E-state index in [1.807, 2.05) is 39.0 Å². The number of benzene rings is 1. The summed E-state index contributed by atoms with van der Waals surface area (Å²) >= 11 is 5.69. The third-order valence-corrected chi connectivity index (χ3v) is 3.47. The van der Waals surface area contributed by atoms with Crippen LogP contribution in [0.2, 0.25) is 0 Å². The molecule has 0 aliphatic heterocycles. The second kappa shape index (κ2) is 16.5. The first kappa shape index (κ1) is 26.2. The highest BCUT2D eigenvalue weighted by Crippen LogP contribution is 2.17. The molecule has 0 heterocycles. The van der Waals surface area contributed by atoms with Crippen molar-refractivity contribution in [3.63, 3.8) is 0 Å². The van der Waals surface area contributed by atoms with Crippen LogP contribution < -0.4 is 26.8 Å². The molecule has 0 atom stereocenters. The highest BCUT2D eigenvalue weighted by atomic mass is 35.5. The molecule has 1 aromatic rings. The first-order valence-corrected chi connectivity index (χ1v) is 9.44.